The third-order valence-electron chi connectivity index (χ3n) is 2.42. The van der Waals surface area contributed by atoms with E-state index in [9.17, 15) is 0 Å². The van der Waals surface area contributed by atoms with E-state index in [1.165, 1.54) is 0 Å². The largest absolute Gasteiger partial charge is 0.351 e. The van der Waals surface area contributed by atoms with Crippen molar-refractivity contribution in [2.45, 2.75) is 26.2 Å². The molecule has 1 aromatic heterocycles. The van der Waals surface area contributed by atoms with E-state index < -0.39 is 0 Å². The van der Waals surface area contributed by atoms with Crippen LogP contribution in [0.25, 0.3) is 0 Å². The average molecular weight is 227 g/mol. The van der Waals surface area contributed by atoms with Crippen LogP contribution in [0.4, 0.5) is 0 Å². The van der Waals surface area contributed by atoms with E-state index in [4.69, 9.17) is 9.47 Å². The summed E-state index contributed by atoms with van der Waals surface area (Å²) < 4.78 is 13.0. The Kier molecular flexibility index (Phi) is 5.45. The second-order valence-corrected chi connectivity index (χ2v) is 3.43. The number of nitrogens with zero attached hydrogens (tertiary/aromatic N) is 2. The van der Waals surface area contributed by atoms with Gasteiger partial charge in [-0.2, -0.15) is 5.10 Å². The van der Waals surface area contributed by atoms with Gasteiger partial charge in [0, 0.05) is 26.5 Å². The Balaban J connectivity index is 2.81. The molecule has 0 aliphatic rings. The van der Waals surface area contributed by atoms with E-state index in [-0.39, 0.29) is 12.3 Å². The van der Waals surface area contributed by atoms with Crippen LogP contribution in [0.3, 0.4) is 0 Å². The van der Waals surface area contributed by atoms with Gasteiger partial charge in [0.1, 0.15) is 6.04 Å². The van der Waals surface area contributed by atoms with Gasteiger partial charge in [-0.05, 0) is 27.0 Å². The maximum absolute atomic E-state index is 5.59. The first-order valence-electron chi connectivity index (χ1n) is 5.62. The second-order valence-electron chi connectivity index (χ2n) is 3.43. The van der Waals surface area contributed by atoms with Gasteiger partial charge in [0.15, 0.2) is 6.29 Å². The smallest absolute Gasteiger partial charge is 0.178 e. The normalized spacial score (nSPS) is 13.3. The molecule has 0 bridgehead atoms. The van der Waals surface area contributed by atoms with E-state index in [0.29, 0.717) is 13.2 Å². The standard InChI is InChI=1S/C11H21N3O2/c1-5-15-11(16-6-2)10(12-3)9-7-8-13-14(9)4/h7-8,10-12H,5-6H2,1-4H3. The van der Waals surface area contributed by atoms with Gasteiger partial charge in [-0.25, -0.2) is 0 Å². The highest BCUT2D eigenvalue weighted by atomic mass is 16.7. The number of aromatic nitrogens is 2. The predicted octanol–water partition coefficient (Wildman–Crippen LogP) is 1.08. The lowest BCUT2D eigenvalue weighted by atomic mass is 10.2. The van der Waals surface area contributed by atoms with Crippen LogP contribution in [0.5, 0.6) is 0 Å². The third kappa shape index (κ3) is 3.04. The number of hydrogen-bond donors (Lipinski definition) is 1. The molecule has 0 aromatic carbocycles. The van der Waals surface area contributed by atoms with Crippen LogP contribution < -0.4 is 5.32 Å². The molecule has 16 heavy (non-hydrogen) atoms. The molecule has 0 spiro atoms. The van der Waals surface area contributed by atoms with Crippen molar-refractivity contribution in [2.75, 3.05) is 20.3 Å². The molecule has 0 fully saturated rings. The lowest BCUT2D eigenvalue weighted by Crippen LogP contribution is -2.35. The number of rotatable bonds is 7. The minimum absolute atomic E-state index is 0.00704. The maximum atomic E-state index is 5.59. The maximum Gasteiger partial charge on any atom is 0.178 e. The lowest BCUT2D eigenvalue weighted by molar-refractivity contribution is -0.155. The summed E-state index contributed by atoms with van der Waals surface area (Å²) in [6.07, 6.45) is 1.49. The Morgan fingerprint density at radius 3 is 2.38 bits per heavy atom. The van der Waals surface area contributed by atoms with Gasteiger partial charge < -0.3 is 14.8 Å². The molecule has 1 unspecified atom stereocenters. The van der Waals surface area contributed by atoms with Crippen LogP contribution in [-0.2, 0) is 16.5 Å². The molecule has 0 saturated carbocycles. The zero-order chi connectivity index (χ0) is 12.0. The molecule has 0 aliphatic heterocycles. The molecule has 1 N–H and O–H groups in total. The highest BCUT2D eigenvalue weighted by Gasteiger charge is 2.24. The fourth-order valence-electron chi connectivity index (χ4n) is 1.68. The zero-order valence-corrected chi connectivity index (χ0v) is 10.4. The topological polar surface area (TPSA) is 48.3 Å². The van der Waals surface area contributed by atoms with Gasteiger partial charge in [-0.15, -0.1) is 0 Å². The quantitative estimate of drug-likeness (QED) is 0.708. The average Bonchev–Trinajstić information content (AvgIpc) is 2.67. The van der Waals surface area contributed by atoms with Gasteiger partial charge in [-0.3, -0.25) is 4.68 Å². The van der Waals surface area contributed by atoms with Crippen molar-refractivity contribution in [1.82, 2.24) is 15.1 Å². The molecule has 5 heteroatoms. The van der Waals surface area contributed by atoms with Crippen molar-refractivity contribution in [3.8, 4) is 0 Å². The molecule has 0 saturated heterocycles. The number of aryl methyl sites for hydroxylation is 1. The van der Waals surface area contributed by atoms with Crippen LogP contribution in [0.2, 0.25) is 0 Å². The van der Waals surface area contributed by atoms with Crippen LogP contribution in [0, 0.1) is 0 Å². The van der Waals surface area contributed by atoms with Gasteiger partial charge in [0.2, 0.25) is 0 Å². The summed E-state index contributed by atoms with van der Waals surface area (Å²) in [6, 6.07) is 1.96. The minimum atomic E-state index is -0.282. The molecule has 5 nitrogen and oxygen atoms in total. The first-order valence-corrected chi connectivity index (χ1v) is 5.62. The lowest BCUT2D eigenvalue weighted by Gasteiger charge is -2.26. The fourth-order valence-corrected chi connectivity index (χ4v) is 1.68. The summed E-state index contributed by atoms with van der Waals surface area (Å²) in [5.74, 6) is 0. The SMILES string of the molecule is CCOC(OCC)C(NC)c1ccnn1C. The number of hydrogen-bond acceptors (Lipinski definition) is 4. The van der Waals surface area contributed by atoms with Crippen LogP contribution >= 0.6 is 0 Å². The molecular weight excluding hydrogens is 206 g/mol. The predicted molar refractivity (Wildman–Crippen MR) is 62.0 cm³/mol. The Morgan fingerprint density at radius 1 is 1.38 bits per heavy atom. The molecule has 1 atom stereocenters. The summed E-state index contributed by atoms with van der Waals surface area (Å²) in [5.41, 5.74) is 1.05. The molecule has 0 radical (unpaired) electrons. The summed E-state index contributed by atoms with van der Waals surface area (Å²) in [6.45, 7) is 5.17. The van der Waals surface area contributed by atoms with Crippen molar-refractivity contribution >= 4 is 0 Å². The Labute approximate surface area is 96.7 Å². The zero-order valence-electron chi connectivity index (χ0n) is 10.4. The van der Waals surface area contributed by atoms with E-state index in [1.54, 1.807) is 6.20 Å². The van der Waals surface area contributed by atoms with Gasteiger partial charge in [0.25, 0.3) is 0 Å². The summed E-state index contributed by atoms with van der Waals surface area (Å²) in [5, 5.41) is 7.36. The minimum Gasteiger partial charge on any atom is -0.351 e. The number of likely N-dealkylation sites (N-methyl/N-ethyl adjacent to an activating group) is 1. The summed E-state index contributed by atoms with van der Waals surface area (Å²) >= 11 is 0. The monoisotopic (exact) mass is 227 g/mol. The molecule has 1 aromatic rings. The van der Waals surface area contributed by atoms with Gasteiger partial charge in [0.05, 0.1) is 5.69 Å². The van der Waals surface area contributed by atoms with Crippen molar-refractivity contribution in [3.63, 3.8) is 0 Å². The van der Waals surface area contributed by atoms with Gasteiger partial charge in [-0.1, -0.05) is 0 Å². The van der Waals surface area contributed by atoms with Crippen molar-refractivity contribution in [1.29, 1.82) is 0 Å². The Morgan fingerprint density at radius 2 is 2.00 bits per heavy atom. The first-order chi connectivity index (χ1) is 7.74. The van der Waals surface area contributed by atoms with Crippen molar-refractivity contribution in [3.05, 3.63) is 18.0 Å². The van der Waals surface area contributed by atoms with E-state index in [0.717, 1.165) is 5.69 Å². The van der Waals surface area contributed by atoms with Crippen LogP contribution in [-0.4, -0.2) is 36.3 Å². The summed E-state index contributed by atoms with van der Waals surface area (Å²) in [7, 11) is 3.80. The number of ether oxygens (including phenoxy) is 2. The molecule has 1 rings (SSSR count). The first kappa shape index (κ1) is 13.2. The second kappa shape index (κ2) is 6.62. The highest BCUT2D eigenvalue weighted by molar-refractivity contribution is 5.07. The number of nitrogens with one attached hydrogen (secondary N) is 1. The fraction of sp³-hybridized carbons (Fsp3) is 0.727. The highest BCUT2D eigenvalue weighted by Crippen LogP contribution is 2.19. The molecule has 0 amide bonds. The van der Waals surface area contributed by atoms with Crippen molar-refractivity contribution in [2.24, 2.45) is 7.05 Å². The summed E-state index contributed by atoms with van der Waals surface area (Å²) in [4.78, 5) is 0. The molecule has 1 heterocycles. The third-order valence-corrected chi connectivity index (χ3v) is 2.42. The van der Waals surface area contributed by atoms with E-state index in [2.05, 4.69) is 10.4 Å². The molecular formula is C11H21N3O2. The van der Waals surface area contributed by atoms with Crippen molar-refractivity contribution < 1.29 is 9.47 Å². The van der Waals surface area contributed by atoms with E-state index >= 15 is 0 Å². The van der Waals surface area contributed by atoms with Crippen LogP contribution in [0.15, 0.2) is 12.3 Å². The molecule has 0 aliphatic carbocycles. The van der Waals surface area contributed by atoms with E-state index in [1.807, 2.05) is 38.7 Å². The Hall–Kier alpha value is -0.910. The van der Waals surface area contributed by atoms with Crippen LogP contribution in [0.1, 0.15) is 25.6 Å². The Bertz CT molecular complexity index is 295. The van der Waals surface area contributed by atoms with Gasteiger partial charge >= 0.3 is 0 Å². The molecule has 92 valence electrons.